The Balaban J connectivity index is 2.25. The first-order valence-corrected chi connectivity index (χ1v) is 6.35. The molecular formula is C13H8Cl3NO2. The monoisotopic (exact) mass is 315 g/mol. The lowest BCUT2D eigenvalue weighted by Crippen LogP contribution is -2.12. The summed E-state index contributed by atoms with van der Waals surface area (Å²) in [6.07, 6.45) is 0. The molecule has 2 N–H and O–H groups in total. The molecule has 3 nitrogen and oxygen atoms in total. The van der Waals surface area contributed by atoms with E-state index in [4.69, 9.17) is 34.8 Å². The number of hydrogen-bond acceptors (Lipinski definition) is 2. The maximum absolute atomic E-state index is 12.0. The van der Waals surface area contributed by atoms with Crippen LogP contribution in [0.5, 0.6) is 5.75 Å². The molecule has 2 aromatic carbocycles. The zero-order valence-corrected chi connectivity index (χ0v) is 11.7. The van der Waals surface area contributed by atoms with E-state index in [1.807, 2.05) is 0 Å². The molecule has 0 aliphatic heterocycles. The second kappa shape index (κ2) is 5.70. The van der Waals surface area contributed by atoms with Gasteiger partial charge in [0.05, 0.1) is 16.3 Å². The van der Waals surface area contributed by atoms with Crippen LogP contribution in [0.4, 0.5) is 5.69 Å². The maximum atomic E-state index is 12.0. The largest absolute Gasteiger partial charge is 0.507 e. The number of hydrogen-bond donors (Lipinski definition) is 2. The highest BCUT2D eigenvalue weighted by Gasteiger charge is 2.13. The summed E-state index contributed by atoms with van der Waals surface area (Å²) in [6.45, 7) is 0. The van der Waals surface area contributed by atoms with Gasteiger partial charge in [-0.05, 0) is 36.4 Å². The van der Waals surface area contributed by atoms with Crippen LogP contribution in [0.3, 0.4) is 0 Å². The number of carbonyl (C=O) groups is 1. The molecule has 1 amide bonds. The summed E-state index contributed by atoms with van der Waals surface area (Å²) in [4.78, 5) is 12.0. The molecule has 0 fully saturated rings. The minimum Gasteiger partial charge on any atom is -0.507 e. The molecule has 0 unspecified atom stereocenters. The average molecular weight is 317 g/mol. The summed E-state index contributed by atoms with van der Waals surface area (Å²) < 4.78 is 0. The number of benzene rings is 2. The standard InChI is InChI=1S/C13H8Cl3NO2/c14-7-2-4-11(10(16)5-7)17-13(19)9-3-1-8(15)6-12(9)18/h1-6,18H,(H,17,19). The fourth-order valence-corrected chi connectivity index (χ4v) is 2.10. The summed E-state index contributed by atoms with van der Waals surface area (Å²) in [6, 6.07) is 8.93. The molecule has 2 aromatic rings. The quantitative estimate of drug-likeness (QED) is 0.850. The van der Waals surface area contributed by atoms with Crippen LogP contribution in [0.25, 0.3) is 0 Å². The van der Waals surface area contributed by atoms with Gasteiger partial charge in [-0.3, -0.25) is 4.79 Å². The fraction of sp³-hybridized carbons (Fsp3) is 0. The molecule has 0 bridgehead atoms. The van der Waals surface area contributed by atoms with E-state index in [9.17, 15) is 9.90 Å². The number of amides is 1. The van der Waals surface area contributed by atoms with Crippen LogP contribution in [0.15, 0.2) is 36.4 Å². The van der Waals surface area contributed by atoms with E-state index >= 15 is 0 Å². The van der Waals surface area contributed by atoms with Crippen LogP contribution in [0, 0.1) is 0 Å². The number of phenols is 1. The molecule has 0 radical (unpaired) electrons. The van der Waals surface area contributed by atoms with E-state index in [2.05, 4.69) is 5.32 Å². The van der Waals surface area contributed by atoms with Crippen molar-refractivity contribution >= 4 is 46.4 Å². The molecule has 0 saturated heterocycles. The zero-order valence-electron chi connectivity index (χ0n) is 9.45. The molecule has 0 saturated carbocycles. The summed E-state index contributed by atoms with van der Waals surface area (Å²) in [5.74, 6) is -0.687. The lowest BCUT2D eigenvalue weighted by atomic mass is 10.2. The summed E-state index contributed by atoms with van der Waals surface area (Å²) in [5.41, 5.74) is 0.515. The molecule has 0 spiro atoms. The van der Waals surface area contributed by atoms with E-state index < -0.39 is 5.91 Å². The Morgan fingerprint density at radius 1 is 1.00 bits per heavy atom. The second-order valence-corrected chi connectivity index (χ2v) is 5.02. The van der Waals surface area contributed by atoms with Crippen molar-refractivity contribution in [1.29, 1.82) is 0 Å². The van der Waals surface area contributed by atoms with Gasteiger partial charge in [0.2, 0.25) is 0 Å². The highest BCUT2D eigenvalue weighted by atomic mass is 35.5. The van der Waals surface area contributed by atoms with Gasteiger partial charge in [0.1, 0.15) is 5.75 Å². The Morgan fingerprint density at radius 2 is 1.63 bits per heavy atom. The lowest BCUT2D eigenvalue weighted by Gasteiger charge is -2.08. The van der Waals surface area contributed by atoms with Crippen molar-refractivity contribution in [2.24, 2.45) is 0 Å². The molecule has 19 heavy (non-hydrogen) atoms. The number of carbonyl (C=O) groups excluding carboxylic acids is 1. The van der Waals surface area contributed by atoms with Gasteiger partial charge in [0.25, 0.3) is 5.91 Å². The van der Waals surface area contributed by atoms with Gasteiger partial charge in [-0.1, -0.05) is 34.8 Å². The molecule has 6 heteroatoms. The topological polar surface area (TPSA) is 49.3 Å². The van der Waals surface area contributed by atoms with E-state index in [1.54, 1.807) is 12.1 Å². The van der Waals surface area contributed by atoms with E-state index in [1.165, 1.54) is 24.3 Å². The molecular weight excluding hydrogens is 309 g/mol. The van der Waals surface area contributed by atoms with Crippen LogP contribution in [0.1, 0.15) is 10.4 Å². The lowest BCUT2D eigenvalue weighted by molar-refractivity contribution is 0.102. The third kappa shape index (κ3) is 3.32. The van der Waals surface area contributed by atoms with Crippen LogP contribution in [-0.2, 0) is 0 Å². The molecule has 2 rings (SSSR count). The minimum atomic E-state index is -0.488. The van der Waals surface area contributed by atoms with Crippen molar-refractivity contribution < 1.29 is 9.90 Å². The van der Waals surface area contributed by atoms with E-state index in [0.29, 0.717) is 20.8 Å². The normalized spacial score (nSPS) is 10.3. The molecule has 0 heterocycles. The van der Waals surface area contributed by atoms with Gasteiger partial charge in [-0.2, -0.15) is 0 Å². The van der Waals surface area contributed by atoms with Crippen LogP contribution in [0.2, 0.25) is 15.1 Å². The Labute approximate surface area is 124 Å². The van der Waals surface area contributed by atoms with Crippen LogP contribution in [-0.4, -0.2) is 11.0 Å². The first kappa shape index (κ1) is 14.0. The summed E-state index contributed by atoms with van der Waals surface area (Å²) in [5, 5.41) is 13.4. The predicted octanol–water partition coefficient (Wildman–Crippen LogP) is 4.60. The first-order chi connectivity index (χ1) is 8.97. The Morgan fingerprint density at radius 3 is 2.26 bits per heavy atom. The van der Waals surface area contributed by atoms with Crippen molar-refractivity contribution in [3.05, 3.63) is 57.0 Å². The summed E-state index contributed by atoms with van der Waals surface area (Å²) >= 11 is 17.4. The summed E-state index contributed by atoms with van der Waals surface area (Å²) in [7, 11) is 0. The highest BCUT2D eigenvalue weighted by molar-refractivity contribution is 6.37. The van der Waals surface area contributed by atoms with E-state index in [0.717, 1.165) is 0 Å². The highest BCUT2D eigenvalue weighted by Crippen LogP contribution is 2.27. The van der Waals surface area contributed by atoms with Gasteiger partial charge in [0.15, 0.2) is 0 Å². The predicted molar refractivity (Wildman–Crippen MR) is 77.5 cm³/mol. The van der Waals surface area contributed by atoms with Crippen LogP contribution < -0.4 is 5.32 Å². The molecule has 0 aromatic heterocycles. The van der Waals surface area contributed by atoms with Gasteiger partial charge in [-0.15, -0.1) is 0 Å². The molecule has 98 valence electrons. The number of halogens is 3. The van der Waals surface area contributed by atoms with E-state index in [-0.39, 0.29) is 11.3 Å². The number of phenolic OH excluding ortho intramolecular Hbond substituents is 1. The maximum Gasteiger partial charge on any atom is 0.259 e. The average Bonchev–Trinajstić information content (AvgIpc) is 2.32. The zero-order chi connectivity index (χ0) is 14.0. The molecule has 0 aliphatic carbocycles. The van der Waals surface area contributed by atoms with Gasteiger partial charge in [-0.25, -0.2) is 0 Å². The van der Waals surface area contributed by atoms with Crippen molar-refractivity contribution in [3.8, 4) is 5.75 Å². The van der Waals surface area contributed by atoms with Gasteiger partial charge in [0, 0.05) is 10.0 Å². The fourth-order valence-electron chi connectivity index (χ4n) is 1.48. The Bertz CT molecular complexity index is 644. The number of aromatic hydroxyl groups is 1. The molecule has 0 atom stereocenters. The Hall–Kier alpha value is -1.42. The second-order valence-electron chi connectivity index (χ2n) is 3.74. The number of anilines is 1. The number of rotatable bonds is 2. The smallest absolute Gasteiger partial charge is 0.259 e. The van der Waals surface area contributed by atoms with Gasteiger partial charge >= 0.3 is 0 Å². The SMILES string of the molecule is O=C(Nc1ccc(Cl)cc1Cl)c1ccc(Cl)cc1O. The minimum absolute atomic E-state index is 0.107. The Kier molecular flexibility index (Phi) is 4.20. The van der Waals surface area contributed by atoms with Crippen molar-refractivity contribution in [2.45, 2.75) is 0 Å². The number of nitrogens with one attached hydrogen (secondary N) is 1. The van der Waals surface area contributed by atoms with Crippen LogP contribution >= 0.6 is 34.8 Å². The van der Waals surface area contributed by atoms with Crippen molar-refractivity contribution in [3.63, 3.8) is 0 Å². The molecule has 0 aliphatic rings. The third-order valence-corrected chi connectivity index (χ3v) is 3.17. The first-order valence-electron chi connectivity index (χ1n) is 5.22. The van der Waals surface area contributed by atoms with Crippen molar-refractivity contribution in [1.82, 2.24) is 0 Å². The third-order valence-electron chi connectivity index (χ3n) is 2.38. The van der Waals surface area contributed by atoms with Gasteiger partial charge < -0.3 is 10.4 Å². The van der Waals surface area contributed by atoms with Crippen molar-refractivity contribution in [2.75, 3.05) is 5.32 Å².